The van der Waals surface area contributed by atoms with E-state index in [0.29, 0.717) is 12.8 Å². The molecular weight excluding hydrogens is 219 g/mol. The standard InChI is InChI=1S/C11H14F3NO/c1-7(6-15)10(16)8-4-2-3-5-9(8)11(12,13)14/h7-9H,2-5H2,1H3. The summed E-state index contributed by atoms with van der Waals surface area (Å²) in [6, 6.07) is 1.72. The average Bonchev–Trinajstić information content (AvgIpc) is 2.26. The van der Waals surface area contributed by atoms with Crippen LogP contribution >= 0.6 is 0 Å². The lowest BCUT2D eigenvalue weighted by Gasteiger charge is -2.32. The topological polar surface area (TPSA) is 40.9 Å². The van der Waals surface area contributed by atoms with Crippen molar-refractivity contribution < 1.29 is 18.0 Å². The van der Waals surface area contributed by atoms with Crippen LogP contribution in [0, 0.1) is 29.1 Å². The third kappa shape index (κ3) is 2.75. The SMILES string of the molecule is CC(C#N)C(=O)C1CCCCC1C(F)(F)F. The first-order valence-electron chi connectivity index (χ1n) is 5.38. The molecule has 0 aromatic carbocycles. The van der Waals surface area contributed by atoms with Gasteiger partial charge in [-0.25, -0.2) is 0 Å². The molecule has 16 heavy (non-hydrogen) atoms. The van der Waals surface area contributed by atoms with Gasteiger partial charge in [-0.05, 0) is 19.8 Å². The summed E-state index contributed by atoms with van der Waals surface area (Å²) in [6.07, 6.45) is -2.90. The molecule has 0 bridgehead atoms. The predicted octanol–water partition coefficient (Wildman–Crippen LogP) is 3.08. The Hall–Kier alpha value is -1.05. The summed E-state index contributed by atoms with van der Waals surface area (Å²) in [4.78, 5) is 11.7. The molecule has 3 atom stereocenters. The molecule has 1 aliphatic carbocycles. The molecule has 1 saturated carbocycles. The molecule has 0 saturated heterocycles. The van der Waals surface area contributed by atoms with E-state index in [1.165, 1.54) is 6.92 Å². The number of hydrogen-bond acceptors (Lipinski definition) is 2. The lowest BCUT2D eigenvalue weighted by molar-refractivity contribution is -0.198. The molecule has 0 heterocycles. The first-order valence-corrected chi connectivity index (χ1v) is 5.38. The Kier molecular flexibility index (Phi) is 3.95. The smallest absolute Gasteiger partial charge is 0.298 e. The lowest BCUT2D eigenvalue weighted by Crippen LogP contribution is -2.39. The maximum absolute atomic E-state index is 12.7. The van der Waals surface area contributed by atoms with Gasteiger partial charge in [0.15, 0.2) is 5.78 Å². The van der Waals surface area contributed by atoms with Gasteiger partial charge >= 0.3 is 6.18 Å². The van der Waals surface area contributed by atoms with Gasteiger partial charge in [-0.15, -0.1) is 0 Å². The number of nitriles is 1. The van der Waals surface area contributed by atoms with Crippen LogP contribution in [0.4, 0.5) is 13.2 Å². The molecule has 1 fully saturated rings. The quantitative estimate of drug-likeness (QED) is 0.735. The van der Waals surface area contributed by atoms with Crippen molar-refractivity contribution in [3.8, 4) is 6.07 Å². The highest BCUT2D eigenvalue weighted by Gasteiger charge is 2.48. The number of halogens is 3. The zero-order valence-corrected chi connectivity index (χ0v) is 9.05. The third-order valence-electron chi connectivity index (χ3n) is 3.17. The molecule has 0 aliphatic heterocycles. The normalized spacial score (nSPS) is 28.2. The van der Waals surface area contributed by atoms with Crippen molar-refractivity contribution in [2.75, 3.05) is 0 Å². The molecular formula is C11H14F3NO. The van der Waals surface area contributed by atoms with Crippen molar-refractivity contribution in [1.29, 1.82) is 5.26 Å². The van der Waals surface area contributed by atoms with Gasteiger partial charge in [0.2, 0.25) is 0 Å². The van der Waals surface area contributed by atoms with Gasteiger partial charge in [0, 0.05) is 5.92 Å². The summed E-state index contributed by atoms with van der Waals surface area (Å²) in [5.41, 5.74) is 0. The largest absolute Gasteiger partial charge is 0.392 e. The van der Waals surface area contributed by atoms with Gasteiger partial charge in [0.25, 0.3) is 0 Å². The van der Waals surface area contributed by atoms with E-state index in [1.807, 2.05) is 0 Å². The fourth-order valence-corrected chi connectivity index (χ4v) is 2.25. The second-order valence-corrected chi connectivity index (χ2v) is 4.29. The van der Waals surface area contributed by atoms with Crippen LogP contribution in [0.5, 0.6) is 0 Å². The fourth-order valence-electron chi connectivity index (χ4n) is 2.25. The Morgan fingerprint density at radius 1 is 1.38 bits per heavy atom. The van der Waals surface area contributed by atoms with Crippen molar-refractivity contribution in [3.63, 3.8) is 0 Å². The van der Waals surface area contributed by atoms with Gasteiger partial charge < -0.3 is 0 Å². The van der Waals surface area contributed by atoms with E-state index in [9.17, 15) is 18.0 Å². The number of rotatable bonds is 2. The highest BCUT2D eigenvalue weighted by molar-refractivity contribution is 5.85. The highest BCUT2D eigenvalue weighted by Crippen LogP contribution is 2.42. The van der Waals surface area contributed by atoms with Gasteiger partial charge in [-0.2, -0.15) is 18.4 Å². The Morgan fingerprint density at radius 3 is 2.44 bits per heavy atom. The van der Waals surface area contributed by atoms with E-state index in [-0.39, 0.29) is 12.8 Å². The van der Waals surface area contributed by atoms with Crippen LogP contribution in [0.1, 0.15) is 32.6 Å². The molecule has 90 valence electrons. The first kappa shape index (κ1) is 13.0. The van der Waals surface area contributed by atoms with Crippen molar-refractivity contribution in [1.82, 2.24) is 0 Å². The van der Waals surface area contributed by atoms with Crippen LogP contribution in [0.25, 0.3) is 0 Å². The third-order valence-corrected chi connectivity index (χ3v) is 3.17. The Balaban J connectivity index is 2.83. The first-order chi connectivity index (χ1) is 7.38. The Morgan fingerprint density at radius 2 is 1.94 bits per heavy atom. The van der Waals surface area contributed by atoms with Crippen LogP contribution in [0.2, 0.25) is 0 Å². The number of ketones is 1. The predicted molar refractivity (Wildman–Crippen MR) is 51.3 cm³/mol. The number of carbonyl (C=O) groups excluding carboxylic acids is 1. The van der Waals surface area contributed by atoms with E-state index in [4.69, 9.17) is 5.26 Å². The van der Waals surface area contributed by atoms with Crippen LogP contribution in [0.3, 0.4) is 0 Å². The number of carbonyl (C=O) groups is 1. The van der Waals surface area contributed by atoms with E-state index < -0.39 is 29.7 Å². The molecule has 0 spiro atoms. The van der Waals surface area contributed by atoms with Crippen molar-refractivity contribution in [3.05, 3.63) is 0 Å². The van der Waals surface area contributed by atoms with Crippen molar-refractivity contribution >= 4 is 5.78 Å². The molecule has 0 amide bonds. The summed E-state index contributed by atoms with van der Waals surface area (Å²) in [7, 11) is 0. The van der Waals surface area contributed by atoms with Gasteiger partial charge in [0.05, 0.1) is 12.0 Å². The van der Waals surface area contributed by atoms with Crippen LogP contribution in [-0.4, -0.2) is 12.0 Å². The maximum Gasteiger partial charge on any atom is 0.392 e. The van der Waals surface area contributed by atoms with E-state index >= 15 is 0 Å². The molecule has 0 aromatic rings. The second-order valence-electron chi connectivity index (χ2n) is 4.29. The summed E-state index contributed by atoms with van der Waals surface area (Å²) < 4.78 is 38.1. The van der Waals surface area contributed by atoms with Crippen LogP contribution in [0.15, 0.2) is 0 Å². The molecule has 0 N–H and O–H groups in total. The number of alkyl halides is 3. The number of nitrogens with zero attached hydrogens (tertiary/aromatic N) is 1. The summed E-state index contributed by atoms with van der Waals surface area (Å²) >= 11 is 0. The lowest BCUT2D eigenvalue weighted by atomic mass is 9.74. The summed E-state index contributed by atoms with van der Waals surface area (Å²) in [6.45, 7) is 1.37. The minimum Gasteiger partial charge on any atom is -0.298 e. The fraction of sp³-hybridized carbons (Fsp3) is 0.818. The molecule has 0 radical (unpaired) electrons. The zero-order valence-electron chi connectivity index (χ0n) is 9.05. The van der Waals surface area contributed by atoms with Gasteiger partial charge in [0.1, 0.15) is 5.92 Å². The van der Waals surface area contributed by atoms with Crippen molar-refractivity contribution in [2.24, 2.45) is 17.8 Å². The minimum absolute atomic E-state index is 0.0120. The minimum atomic E-state index is -4.32. The van der Waals surface area contributed by atoms with Crippen LogP contribution in [-0.2, 0) is 4.79 Å². The summed E-state index contributed by atoms with van der Waals surface area (Å²) in [5, 5.41) is 8.57. The monoisotopic (exact) mass is 233 g/mol. The van der Waals surface area contributed by atoms with E-state index in [0.717, 1.165) is 0 Å². The average molecular weight is 233 g/mol. The van der Waals surface area contributed by atoms with Gasteiger partial charge in [-0.3, -0.25) is 4.79 Å². The molecule has 2 nitrogen and oxygen atoms in total. The molecule has 5 heteroatoms. The van der Waals surface area contributed by atoms with Crippen molar-refractivity contribution in [2.45, 2.75) is 38.8 Å². The Bertz CT molecular complexity index is 305. The molecule has 3 unspecified atom stereocenters. The molecule has 1 rings (SSSR count). The van der Waals surface area contributed by atoms with E-state index in [1.54, 1.807) is 6.07 Å². The van der Waals surface area contributed by atoms with Gasteiger partial charge in [-0.1, -0.05) is 12.8 Å². The highest BCUT2D eigenvalue weighted by atomic mass is 19.4. The van der Waals surface area contributed by atoms with Crippen LogP contribution < -0.4 is 0 Å². The molecule has 1 aliphatic rings. The number of hydrogen-bond donors (Lipinski definition) is 0. The summed E-state index contributed by atoms with van der Waals surface area (Å²) in [5.74, 6) is -4.05. The second kappa shape index (κ2) is 4.86. The maximum atomic E-state index is 12.7. The molecule has 0 aromatic heterocycles. The zero-order chi connectivity index (χ0) is 12.3. The Labute approximate surface area is 92.4 Å². The number of Topliss-reactive ketones (excluding diaryl/α,β-unsaturated/α-hetero) is 1. The van der Waals surface area contributed by atoms with E-state index in [2.05, 4.69) is 0 Å².